The molecule has 2 rings (SSSR count). The van der Waals surface area contributed by atoms with Crippen molar-refractivity contribution in [3.63, 3.8) is 0 Å². The number of rotatable bonds is 4. The largest absolute Gasteiger partial charge is 0.283 e. The summed E-state index contributed by atoms with van der Waals surface area (Å²) in [5.74, 6) is 0. The molecule has 0 aliphatic rings. The van der Waals surface area contributed by atoms with Crippen molar-refractivity contribution in [3.05, 3.63) is 58.3 Å². The summed E-state index contributed by atoms with van der Waals surface area (Å²) in [5, 5.41) is 13.3. The van der Waals surface area contributed by atoms with Crippen LogP contribution in [0.15, 0.2) is 47.2 Å². The van der Waals surface area contributed by atoms with E-state index < -0.39 is 0 Å². The molecule has 3 heteroatoms. The van der Waals surface area contributed by atoms with E-state index >= 15 is 0 Å². The van der Waals surface area contributed by atoms with Gasteiger partial charge >= 0.3 is 0 Å². The van der Waals surface area contributed by atoms with Gasteiger partial charge in [0.2, 0.25) is 0 Å². The number of hydrogen-bond donors (Lipinski definition) is 0. The van der Waals surface area contributed by atoms with E-state index in [0.29, 0.717) is 0 Å². The Balaban J connectivity index is 2.09. The molecule has 1 aromatic heterocycles. The fourth-order valence-corrected chi connectivity index (χ4v) is 2.50. The average molecular weight is 242 g/mol. The molecule has 0 saturated heterocycles. The van der Waals surface area contributed by atoms with Gasteiger partial charge in [-0.15, -0.1) is 0 Å². The second-order valence-corrected chi connectivity index (χ2v) is 4.77. The summed E-state index contributed by atoms with van der Waals surface area (Å²) in [6.07, 6.45) is 0. The van der Waals surface area contributed by atoms with Crippen molar-refractivity contribution < 1.29 is 0 Å². The molecule has 17 heavy (non-hydrogen) atoms. The van der Waals surface area contributed by atoms with Gasteiger partial charge in [-0.2, -0.15) is 16.6 Å². The molecular formula is C14H14N2S. The van der Waals surface area contributed by atoms with Crippen LogP contribution < -0.4 is 0 Å². The Morgan fingerprint density at radius 2 is 2.06 bits per heavy atom. The van der Waals surface area contributed by atoms with Gasteiger partial charge in [0.25, 0.3) is 0 Å². The summed E-state index contributed by atoms with van der Waals surface area (Å²) in [6, 6.07) is 14.4. The van der Waals surface area contributed by atoms with Gasteiger partial charge in [-0.05, 0) is 35.0 Å². The summed E-state index contributed by atoms with van der Waals surface area (Å²) in [4.78, 5) is 2.07. The summed E-state index contributed by atoms with van der Waals surface area (Å²) < 4.78 is 0. The zero-order valence-corrected chi connectivity index (χ0v) is 10.5. The van der Waals surface area contributed by atoms with Gasteiger partial charge in [0.15, 0.2) is 0 Å². The highest BCUT2D eigenvalue weighted by atomic mass is 32.1. The molecule has 0 spiro atoms. The van der Waals surface area contributed by atoms with Gasteiger partial charge in [-0.3, -0.25) is 4.90 Å². The third-order valence-corrected chi connectivity index (χ3v) is 3.40. The first kappa shape index (κ1) is 11.8. The van der Waals surface area contributed by atoms with E-state index in [2.05, 4.69) is 23.1 Å². The second kappa shape index (κ2) is 5.62. The van der Waals surface area contributed by atoms with Crippen LogP contribution in [0.4, 0.5) is 0 Å². The van der Waals surface area contributed by atoms with Crippen LogP contribution in [0.5, 0.6) is 0 Å². The maximum Gasteiger partial charge on any atom is 0.124 e. The molecule has 0 N–H and O–H groups in total. The van der Waals surface area contributed by atoms with Gasteiger partial charge in [0, 0.05) is 6.54 Å². The van der Waals surface area contributed by atoms with E-state index in [-0.39, 0.29) is 6.04 Å². The molecule has 1 heterocycles. The van der Waals surface area contributed by atoms with Crippen molar-refractivity contribution in [1.82, 2.24) is 4.90 Å². The molecule has 2 nitrogen and oxygen atoms in total. The molecule has 0 bridgehead atoms. The first-order chi connectivity index (χ1) is 8.31. The van der Waals surface area contributed by atoms with Crippen molar-refractivity contribution in [2.45, 2.75) is 12.6 Å². The van der Waals surface area contributed by atoms with Gasteiger partial charge < -0.3 is 0 Å². The first-order valence-electron chi connectivity index (χ1n) is 5.47. The normalized spacial score (nSPS) is 12.3. The lowest BCUT2D eigenvalue weighted by molar-refractivity contribution is 0.284. The number of thiophene rings is 1. The quantitative estimate of drug-likeness (QED) is 0.821. The zero-order valence-electron chi connectivity index (χ0n) is 9.71. The molecule has 86 valence electrons. The third-order valence-electron chi connectivity index (χ3n) is 2.70. The first-order valence-corrected chi connectivity index (χ1v) is 6.41. The molecule has 1 atom stereocenters. The van der Waals surface area contributed by atoms with Crippen LogP contribution >= 0.6 is 11.3 Å². The second-order valence-electron chi connectivity index (χ2n) is 3.99. The Labute approximate surface area is 106 Å². The zero-order chi connectivity index (χ0) is 12.1. The number of hydrogen-bond acceptors (Lipinski definition) is 3. The molecule has 1 aromatic carbocycles. The van der Waals surface area contributed by atoms with Gasteiger partial charge in [0.1, 0.15) is 6.04 Å². The predicted octanol–water partition coefficient (Wildman–Crippen LogP) is 3.44. The average Bonchev–Trinajstić information content (AvgIpc) is 2.85. The summed E-state index contributed by atoms with van der Waals surface area (Å²) >= 11 is 1.63. The van der Waals surface area contributed by atoms with E-state index in [0.717, 1.165) is 12.1 Å². The minimum Gasteiger partial charge on any atom is -0.283 e. The molecular weight excluding hydrogens is 228 g/mol. The van der Waals surface area contributed by atoms with Crippen LogP contribution in [0.2, 0.25) is 0 Å². The summed E-state index contributed by atoms with van der Waals surface area (Å²) in [6.45, 7) is 0.787. The lowest BCUT2D eigenvalue weighted by atomic mass is 10.1. The number of nitrogens with zero attached hydrogens (tertiary/aromatic N) is 2. The highest BCUT2D eigenvalue weighted by molar-refractivity contribution is 7.08. The van der Waals surface area contributed by atoms with Crippen molar-refractivity contribution in [2.24, 2.45) is 0 Å². The smallest absolute Gasteiger partial charge is 0.124 e. The van der Waals surface area contributed by atoms with Gasteiger partial charge in [0.05, 0.1) is 6.07 Å². The lowest BCUT2D eigenvalue weighted by Gasteiger charge is -2.21. The monoisotopic (exact) mass is 242 g/mol. The van der Waals surface area contributed by atoms with Crippen molar-refractivity contribution in [1.29, 1.82) is 5.26 Å². The molecule has 0 saturated carbocycles. The number of benzene rings is 1. The lowest BCUT2D eigenvalue weighted by Crippen LogP contribution is -2.22. The van der Waals surface area contributed by atoms with Crippen LogP contribution in [0, 0.1) is 11.3 Å². The van der Waals surface area contributed by atoms with Crippen molar-refractivity contribution in [3.8, 4) is 6.07 Å². The Morgan fingerprint density at radius 1 is 1.29 bits per heavy atom. The topological polar surface area (TPSA) is 27.0 Å². The highest BCUT2D eigenvalue weighted by Crippen LogP contribution is 2.22. The molecule has 0 fully saturated rings. The minimum absolute atomic E-state index is 0.165. The van der Waals surface area contributed by atoms with E-state index in [1.165, 1.54) is 5.56 Å². The highest BCUT2D eigenvalue weighted by Gasteiger charge is 2.16. The van der Waals surface area contributed by atoms with Crippen LogP contribution in [0.25, 0.3) is 0 Å². The SMILES string of the molecule is CN(Cc1ccccc1)C(C#N)c1ccsc1. The Morgan fingerprint density at radius 3 is 2.65 bits per heavy atom. The van der Waals surface area contributed by atoms with Gasteiger partial charge in [-0.1, -0.05) is 30.3 Å². The van der Waals surface area contributed by atoms with E-state index in [4.69, 9.17) is 0 Å². The maximum absolute atomic E-state index is 9.26. The standard InChI is InChI=1S/C14H14N2S/c1-16(10-12-5-3-2-4-6-12)14(9-15)13-7-8-17-11-13/h2-8,11,14H,10H2,1H3. The Kier molecular flexibility index (Phi) is 3.92. The van der Waals surface area contributed by atoms with E-state index in [1.54, 1.807) is 11.3 Å². The fourth-order valence-electron chi connectivity index (χ4n) is 1.82. The van der Waals surface area contributed by atoms with E-state index in [1.807, 2.05) is 42.1 Å². The molecule has 0 amide bonds. The predicted molar refractivity (Wildman–Crippen MR) is 70.6 cm³/mol. The number of nitriles is 1. The minimum atomic E-state index is -0.165. The molecule has 1 unspecified atom stereocenters. The molecule has 0 aliphatic heterocycles. The van der Waals surface area contributed by atoms with Crippen LogP contribution in [-0.4, -0.2) is 11.9 Å². The van der Waals surface area contributed by atoms with Crippen LogP contribution in [0.1, 0.15) is 17.2 Å². The van der Waals surface area contributed by atoms with Crippen LogP contribution in [-0.2, 0) is 6.54 Å². The van der Waals surface area contributed by atoms with Crippen LogP contribution in [0.3, 0.4) is 0 Å². The summed E-state index contributed by atoms with van der Waals surface area (Å²) in [5.41, 5.74) is 2.31. The fraction of sp³-hybridized carbons (Fsp3) is 0.214. The third kappa shape index (κ3) is 2.94. The Hall–Kier alpha value is -1.63. The molecule has 2 aromatic rings. The van der Waals surface area contributed by atoms with E-state index in [9.17, 15) is 5.26 Å². The molecule has 0 radical (unpaired) electrons. The summed E-state index contributed by atoms with van der Waals surface area (Å²) in [7, 11) is 1.98. The van der Waals surface area contributed by atoms with Crippen molar-refractivity contribution >= 4 is 11.3 Å². The van der Waals surface area contributed by atoms with Gasteiger partial charge in [-0.25, -0.2) is 0 Å². The maximum atomic E-state index is 9.26. The van der Waals surface area contributed by atoms with Crippen molar-refractivity contribution in [2.75, 3.05) is 7.05 Å². The Bertz CT molecular complexity index is 485. The molecule has 0 aliphatic carbocycles.